The van der Waals surface area contributed by atoms with Crippen LogP contribution in [-0.2, 0) is 0 Å². The maximum Gasteiger partial charge on any atom is 0.225 e. The molecule has 3 aliphatic rings. The smallest absolute Gasteiger partial charge is 0.225 e. The highest BCUT2D eigenvalue weighted by Gasteiger charge is 2.48. The predicted molar refractivity (Wildman–Crippen MR) is 107 cm³/mol. The molecule has 7 heteroatoms. The van der Waals surface area contributed by atoms with Crippen molar-refractivity contribution in [1.29, 1.82) is 0 Å². The van der Waals surface area contributed by atoms with Gasteiger partial charge in [0.2, 0.25) is 5.95 Å². The lowest BCUT2D eigenvalue weighted by molar-refractivity contribution is 0.112. The fraction of sp³-hybridized carbons (Fsp3) is 0.706. The molecule has 2 aliphatic carbocycles. The van der Waals surface area contributed by atoms with Crippen LogP contribution in [0, 0.1) is 11.3 Å². The van der Waals surface area contributed by atoms with Crippen LogP contribution in [0.15, 0.2) is 23.5 Å². The number of hydrogen-bond acceptors (Lipinski definition) is 4. The van der Waals surface area contributed by atoms with Gasteiger partial charge in [-0.1, -0.05) is 6.42 Å². The molecule has 1 aromatic heterocycles. The number of guanidine groups is 1. The van der Waals surface area contributed by atoms with Crippen LogP contribution in [0.3, 0.4) is 0 Å². The molecule has 3 fully saturated rings. The van der Waals surface area contributed by atoms with Crippen molar-refractivity contribution in [2.24, 2.45) is 22.1 Å². The minimum absolute atomic E-state index is 0. The molecule has 0 aromatic carbocycles. The Labute approximate surface area is 160 Å². The first-order chi connectivity index (χ1) is 11.3. The number of anilines is 1. The second-order valence-electron chi connectivity index (χ2n) is 7.19. The van der Waals surface area contributed by atoms with E-state index in [-0.39, 0.29) is 24.0 Å². The van der Waals surface area contributed by atoms with Crippen LogP contribution in [-0.4, -0.2) is 53.6 Å². The van der Waals surface area contributed by atoms with E-state index in [0.29, 0.717) is 5.41 Å². The highest BCUT2D eigenvalue weighted by molar-refractivity contribution is 14.0. The summed E-state index contributed by atoms with van der Waals surface area (Å²) in [6, 6.07) is 1.85. The largest absolute Gasteiger partial charge is 0.370 e. The predicted octanol–water partition coefficient (Wildman–Crippen LogP) is 2.11. The van der Waals surface area contributed by atoms with Crippen LogP contribution in [0.2, 0.25) is 0 Å². The second kappa shape index (κ2) is 7.41. The summed E-state index contributed by atoms with van der Waals surface area (Å²) in [5.74, 6) is 2.47. The van der Waals surface area contributed by atoms with Gasteiger partial charge in [0.15, 0.2) is 5.96 Å². The molecule has 0 atom stereocenters. The van der Waals surface area contributed by atoms with Gasteiger partial charge in [0.05, 0.1) is 0 Å². The number of aromatic nitrogens is 2. The van der Waals surface area contributed by atoms with Crippen LogP contribution in [0.4, 0.5) is 5.95 Å². The molecule has 2 N–H and O–H groups in total. The van der Waals surface area contributed by atoms with Gasteiger partial charge >= 0.3 is 0 Å². The monoisotopic (exact) mass is 442 g/mol. The zero-order valence-corrected chi connectivity index (χ0v) is 16.4. The first-order valence-electron chi connectivity index (χ1n) is 8.84. The van der Waals surface area contributed by atoms with E-state index < -0.39 is 0 Å². The quantitative estimate of drug-likeness (QED) is 0.440. The SMILES string of the molecule is I.NC(=NCC1(C2CC2)CCC1)N1CCN(c2ncccn2)CC1. The molecule has 0 unspecified atom stereocenters. The van der Waals surface area contributed by atoms with Gasteiger partial charge in [0.25, 0.3) is 0 Å². The van der Waals surface area contributed by atoms with Crippen molar-refractivity contribution in [2.45, 2.75) is 32.1 Å². The lowest BCUT2D eigenvalue weighted by atomic mass is 9.65. The average molecular weight is 442 g/mol. The average Bonchev–Trinajstić information content (AvgIpc) is 3.40. The summed E-state index contributed by atoms with van der Waals surface area (Å²) in [7, 11) is 0. The molecule has 1 saturated heterocycles. The van der Waals surface area contributed by atoms with Gasteiger partial charge in [-0.05, 0) is 43.1 Å². The molecule has 0 spiro atoms. The molecule has 132 valence electrons. The fourth-order valence-electron chi connectivity index (χ4n) is 3.95. The lowest BCUT2D eigenvalue weighted by Gasteiger charge is -2.42. The number of rotatable bonds is 4. The number of aliphatic imine (C=N–C) groups is 1. The zero-order valence-electron chi connectivity index (χ0n) is 14.1. The van der Waals surface area contributed by atoms with Gasteiger partial charge in [-0.2, -0.15) is 0 Å². The standard InChI is InChI=1S/C17H26N6.HI/c18-15(21-13-17(5-1-6-17)14-3-4-14)22-9-11-23(12-10-22)16-19-7-2-8-20-16;/h2,7-8,14H,1,3-6,9-13H2,(H2,18,21);1H. The second-order valence-corrected chi connectivity index (χ2v) is 7.19. The van der Waals surface area contributed by atoms with E-state index in [1.54, 1.807) is 12.4 Å². The highest BCUT2D eigenvalue weighted by atomic mass is 127. The van der Waals surface area contributed by atoms with Gasteiger partial charge in [-0.15, -0.1) is 24.0 Å². The Morgan fingerprint density at radius 2 is 1.83 bits per heavy atom. The molecule has 0 bridgehead atoms. The molecule has 1 aliphatic heterocycles. The number of piperazine rings is 1. The van der Waals surface area contributed by atoms with Crippen molar-refractivity contribution in [1.82, 2.24) is 14.9 Å². The third kappa shape index (κ3) is 3.60. The lowest BCUT2D eigenvalue weighted by Crippen LogP contribution is -2.52. The Morgan fingerprint density at radius 3 is 2.38 bits per heavy atom. The molecule has 0 amide bonds. The van der Waals surface area contributed by atoms with E-state index in [1.165, 1.54) is 32.1 Å². The number of halogens is 1. The summed E-state index contributed by atoms with van der Waals surface area (Å²) >= 11 is 0. The molecule has 4 rings (SSSR count). The molecule has 6 nitrogen and oxygen atoms in total. The molecule has 1 aromatic rings. The summed E-state index contributed by atoms with van der Waals surface area (Å²) in [6.07, 6.45) is 10.5. The minimum Gasteiger partial charge on any atom is -0.370 e. The van der Waals surface area contributed by atoms with Gasteiger partial charge in [0.1, 0.15) is 0 Å². The summed E-state index contributed by atoms with van der Waals surface area (Å²) < 4.78 is 0. The molecule has 24 heavy (non-hydrogen) atoms. The Kier molecular flexibility index (Phi) is 5.46. The van der Waals surface area contributed by atoms with E-state index in [4.69, 9.17) is 10.7 Å². The number of hydrogen-bond donors (Lipinski definition) is 1. The van der Waals surface area contributed by atoms with Gasteiger partial charge in [-0.3, -0.25) is 4.99 Å². The van der Waals surface area contributed by atoms with Crippen molar-refractivity contribution < 1.29 is 0 Å². The summed E-state index contributed by atoms with van der Waals surface area (Å²) in [6.45, 7) is 4.52. The highest BCUT2D eigenvalue weighted by Crippen LogP contribution is 2.57. The van der Waals surface area contributed by atoms with Gasteiger partial charge in [-0.25, -0.2) is 9.97 Å². The first-order valence-corrected chi connectivity index (χ1v) is 8.84. The van der Waals surface area contributed by atoms with Crippen LogP contribution in [0.1, 0.15) is 32.1 Å². The molecule has 0 radical (unpaired) electrons. The zero-order chi connectivity index (χ0) is 15.7. The van der Waals surface area contributed by atoms with E-state index in [1.807, 2.05) is 6.07 Å². The van der Waals surface area contributed by atoms with E-state index >= 15 is 0 Å². The van der Waals surface area contributed by atoms with Crippen LogP contribution in [0.5, 0.6) is 0 Å². The van der Waals surface area contributed by atoms with E-state index in [0.717, 1.165) is 50.5 Å². The molecule has 2 heterocycles. The van der Waals surface area contributed by atoms with Gasteiger partial charge < -0.3 is 15.5 Å². The van der Waals surface area contributed by atoms with Crippen molar-refractivity contribution in [2.75, 3.05) is 37.6 Å². The minimum atomic E-state index is 0. The van der Waals surface area contributed by atoms with E-state index in [9.17, 15) is 0 Å². The number of nitrogens with zero attached hydrogens (tertiary/aromatic N) is 5. The van der Waals surface area contributed by atoms with E-state index in [2.05, 4.69) is 19.8 Å². The Hall–Kier alpha value is -1.12. The molecular weight excluding hydrogens is 415 g/mol. The third-order valence-corrected chi connectivity index (χ3v) is 5.79. The van der Waals surface area contributed by atoms with Gasteiger partial charge in [0, 0.05) is 45.1 Å². The first kappa shape index (κ1) is 17.7. The maximum absolute atomic E-state index is 6.27. The molecular formula is C17H27IN6. The summed E-state index contributed by atoms with van der Waals surface area (Å²) in [5, 5.41) is 0. The van der Waals surface area contributed by atoms with Crippen molar-refractivity contribution in [3.05, 3.63) is 18.5 Å². The molecule has 2 saturated carbocycles. The summed E-state index contributed by atoms with van der Waals surface area (Å²) in [4.78, 5) is 17.8. The van der Waals surface area contributed by atoms with Crippen LogP contribution in [0.25, 0.3) is 0 Å². The van der Waals surface area contributed by atoms with Crippen LogP contribution >= 0.6 is 24.0 Å². The normalized spacial score (nSPS) is 23.4. The Bertz CT molecular complexity index is 562. The Balaban J connectivity index is 0.00000169. The van der Waals surface area contributed by atoms with Crippen molar-refractivity contribution in [3.63, 3.8) is 0 Å². The topological polar surface area (TPSA) is 70.6 Å². The Morgan fingerprint density at radius 1 is 1.17 bits per heavy atom. The maximum atomic E-state index is 6.27. The summed E-state index contributed by atoms with van der Waals surface area (Å²) in [5.41, 5.74) is 6.77. The fourth-order valence-corrected chi connectivity index (χ4v) is 3.95. The van der Waals surface area contributed by atoms with Crippen molar-refractivity contribution in [3.8, 4) is 0 Å². The van der Waals surface area contributed by atoms with Crippen molar-refractivity contribution >= 4 is 35.9 Å². The number of nitrogens with two attached hydrogens (primary N) is 1. The third-order valence-electron chi connectivity index (χ3n) is 5.79. The van der Waals surface area contributed by atoms with Crippen LogP contribution < -0.4 is 10.6 Å².